The normalized spacial score (nSPS) is 8.31. The highest BCUT2D eigenvalue weighted by atomic mass is 32.1. The monoisotopic (exact) mass is 240 g/mol. The van der Waals surface area contributed by atoms with Gasteiger partial charge in [0.2, 0.25) is 6.29 Å². The quantitative estimate of drug-likeness (QED) is 0.640. The Morgan fingerprint density at radius 3 is 2.69 bits per heavy atom. The minimum Gasteiger partial charge on any atom is -0.385 e. The van der Waals surface area contributed by atoms with Crippen molar-refractivity contribution >= 4 is 28.5 Å². The summed E-state index contributed by atoms with van der Waals surface area (Å²) in [6, 6.07) is 5.07. The number of methoxy groups -OCH3 is 1. The van der Waals surface area contributed by atoms with E-state index in [4.69, 9.17) is 5.26 Å². The van der Waals surface area contributed by atoms with Crippen LogP contribution in [0.1, 0.15) is 11.8 Å². The van der Waals surface area contributed by atoms with Crippen molar-refractivity contribution in [2.75, 3.05) is 19.0 Å². The summed E-state index contributed by atoms with van der Waals surface area (Å²) in [5, 5.41) is 11.2. The molecule has 16 heavy (non-hydrogen) atoms. The summed E-state index contributed by atoms with van der Waals surface area (Å²) < 4.78 is 4.54. The SMILES string of the molecule is CCOC.N#Cc1ccc(NC(=O)C=O)s1. The molecule has 0 atom stereocenters. The van der Waals surface area contributed by atoms with Crippen LogP contribution in [0, 0.1) is 11.3 Å². The zero-order valence-corrected chi connectivity index (χ0v) is 9.84. The van der Waals surface area contributed by atoms with Gasteiger partial charge in [-0.05, 0) is 19.1 Å². The smallest absolute Gasteiger partial charge is 0.289 e. The van der Waals surface area contributed by atoms with Gasteiger partial charge in [0, 0.05) is 13.7 Å². The number of rotatable bonds is 3. The predicted molar refractivity (Wildman–Crippen MR) is 61.3 cm³/mol. The minimum atomic E-state index is -0.707. The Balaban J connectivity index is 0.000000487. The fourth-order valence-corrected chi connectivity index (χ4v) is 1.32. The average molecular weight is 240 g/mol. The van der Waals surface area contributed by atoms with Gasteiger partial charge in [0.05, 0.1) is 5.00 Å². The number of nitriles is 1. The van der Waals surface area contributed by atoms with Crippen LogP contribution < -0.4 is 5.32 Å². The lowest BCUT2D eigenvalue weighted by atomic mass is 10.5. The second-order valence-corrected chi connectivity index (χ2v) is 3.54. The van der Waals surface area contributed by atoms with E-state index in [1.807, 2.05) is 13.0 Å². The van der Waals surface area contributed by atoms with E-state index in [0.717, 1.165) is 17.9 Å². The van der Waals surface area contributed by atoms with Gasteiger partial charge in [0.25, 0.3) is 5.91 Å². The van der Waals surface area contributed by atoms with Gasteiger partial charge in [0.15, 0.2) is 0 Å². The van der Waals surface area contributed by atoms with Crippen LogP contribution in [-0.2, 0) is 14.3 Å². The third kappa shape index (κ3) is 5.90. The Bertz CT molecular complexity index is 380. The molecule has 6 heteroatoms. The first-order valence-electron chi connectivity index (χ1n) is 4.43. The molecule has 5 nitrogen and oxygen atoms in total. The second kappa shape index (κ2) is 8.59. The molecule has 0 saturated carbocycles. The first kappa shape index (κ1) is 14.3. The maximum Gasteiger partial charge on any atom is 0.289 e. The van der Waals surface area contributed by atoms with Gasteiger partial charge in [-0.25, -0.2) is 0 Å². The number of hydrogen-bond acceptors (Lipinski definition) is 5. The van der Waals surface area contributed by atoms with E-state index < -0.39 is 5.91 Å². The van der Waals surface area contributed by atoms with E-state index in [-0.39, 0.29) is 6.29 Å². The van der Waals surface area contributed by atoms with E-state index in [1.165, 1.54) is 0 Å². The van der Waals surface area contributed by atoms with Crippen LogP contribution in [0.2, 0.25) is 0 Å². The molecule has 86 valence electrons. The molecule has 0 unspecified atom stereocenters. The molecule has 0 aromatic carbocycles. The molecule has 1 rings (SSSR count). The zero-order chi connectivity index (χ0) is 12.4. The molecular formula is C10H12N2O3S. The zero-order valence-electron chi connectivity index (χ0n) is 9.02. The number of carbonyl (C=O) groups excluding carboxylic acids is 2. The van der Waals surface area contributed by atoms with Gasteiger partial charge in [0.1, 0.15) is 10.9 Å². The average Bonchev–Trinajstić information content (AvgIpc) is 2.77. The maximum absolute atomic E-state index is 10.5. The second-order valence-electron chi connectivity index (χ2n) is 2.46. The number of anilines is 1. The molecule has 0 aliphatic rings. The van der Waals surface area contributed by atoms with Crippen molar-refractivity contribution in [3.63, 3.8) is 0 Å². The van der Waals surface area contributed by atoms with Gasteiger partial charge < -0.3 is 10.1 Å². The molecule has 0 fully saturated rings. The lowest BCUT2D eigenvalue weighted by Gasteiger charge is -1.91. The summed E-state index contributed by atoms with van der Waals surface area (Å²) >= 11 is 1.12. The van der Waals surface area contributed by atoms with E-state index in [9.17, 15) is 9.59 Å². The Hall–Kier alpha value is -1.71. The summed E-state index contributed by atoms with van der Waals surface area (Å²) in [5.41, 5.74) is 0. The molecule has 0 bridgehead atoms. The highest BCUT2D eigenvalue weighted by molar-refractivity contribution is 7.16. The van der Waals surface area contributed by atoms with Gasteiger partial charge in [-0.1, -0.05) is 0 Å². The number of nitrogens with zero attached hydrogens (tertiary/aromatic N) is 1. The fraction of sp³-hybridized carbons (Fsp3) is 0.300. The molecule has 1 aromatic heterocycles. The van der Waals surface area contributed by atoms with Crippen molar-refractivity contribution in [2.24, 2.45) is 0 Å². The van der Waals surface area contributed by atoms with Gasteiger partial charge in [-0.3, -0.25) is 9.59 Å². The van der Waals surface area contributed by atoms with Crippen LogP contribution in [0.15, 0.2) is 12.1 Å². The third-order valence-electron chi connectivity index (χ3n) is 1.36. The van der Waals surface area contributed by atoms with E-state index in [0.29, 0.717) is 9.88 Å². The van der Waals surface area contributed by atoms with Crippen LogP contribution >= 0.6 is 11.3 Å². The number of thiophene rings is 1. The molecule has 1 N–H and O–H groups in total. The van der Waals surface area contributed by atoms with Crippen LogP contribution in [0.5, 0.6) is 0 Å². The van der Waals surface area contributed by atoms with Gasteiger partial charge in [-0.15, -0.1) is 11.3 Å². The van der Waals surface area contributed by atoms with Gasteiger partial charge in [-0.2, -0.15) is 5.26 Å². The van der Waals surface area contributed by atoms with Crippen LogP contribution in [0.3, 0.4) is 0 Å². The lowest BCUT2D eigenvalue weighted by molar-refractivity contribution is -0.127. The standard InChI is InChI=1S/C7H4N2O2S.C3H8O/c8-3-5-1-2-7(12-5)9-6(11)4-10;1-3-4-2/h1-2,4H,(H,9,11);3H2,1-2H3. The van der Waals surface area contributed by atoms with Crippen molar-refractivity contribution < 1.29 is 14.3 Å². The molecule has 0 aliphatic heterocycles. The summed E-state index contributed by atoms with van der Waals surface area (Å²) in [4.78, 5) is 20.9. The summed E-state index contributed by atoms with van der Waals surface area (Å²) in [6.45, 7) is 2.78. The molecule has 0 aliphatic carbocycles. The molecule has 0 saturated heterocycles. The van der Waals surface area contributed by atoms with E-state index >= 15 is 0 Å². The number of ether oxygens (including phenoxy) is 1. The molecule has 1 aromatic rings. The predicted octanol–water partition coefficient (Wildman–Crippen LogP) is 1.41. The summed E-state index contributed by atoms with van der Waals surface area (Å²) in [6.07, 6.45) is 0.186. The largest absolute Gasteiger partial charge is 0.385 e. The number of amides is 1. The van der Waals surface area contributed by atoms with E-state index in [1.54, 1.807) is 19.2 Å². The van der Waals surface area contributed by atoms with E-state index in [2.05, 4.69) is 10.1 Å². The Morgan fingerprint density at radius 1 is 1.69 bits per heavy atom. The highest BCUT2D eigenvalue weighted by Crippen LogP contribution is 2.20. The first-order chi connectivity index (χ1) is 7.67. The van der Waals surface area contributed by atoms with Crippen molar-refractivity contribution in [3.05, 3.63) is 17.0 Å². The molecular weight excluding hydrogens is 228 g/mol. The lowest BCUT2D eigenvalue weighted by Crippen LogP contribution is -2.10. The molecule has 0 spiro atoms. The topological polar surface area (TPSA) is 79.2 Å². The summed E-state index contributed by atoms with van der Waals surface area (Å²) in [5.74, 6) is -0.707. The van der Waals surface area contributed by atoms with Crippen molar-refractivity contribution in [3.8, 4) is 6.07 Å². The maximum atomic E-state index is 10.5. The Labute approximate surface area is 97.6 Å². The highest BCUT2D eigenvalue weighted by Gasteiger charge is 2.02. The Morgan fingerprint density at radius 2 is 2.31 bits per heavy atom. The molecule has 1 heterocycles. The van der Waals surface area contributed by atoms with Crippen molar-refractivity contribution in [1.29, 1.82) is 5.26 Å². The van der Waals surface area contributed by atoms with Crippen LogP contribution in [0.4, 0.5) is 5.00 Å². The number of nitrogens with one attached hydrogen (secondary N) is 1. The summed E-state index contributed by atoms with van der Waals surface area (Å²) in [7, 11) is 1.68. The molecule has 1 amide bonds. The van der Waals surface area contributed by atoms with Crippen molar-refractivity contribution in [2.45, 2.75) is 6.92 Å². The molecule has 0 radical (unpaired) electrons. The van der Waals surface area contributed by atoms with Crippen molar-refractivity contribution in [1.82, 2.24) is 0 Å². The Kier molecular flexibility index (Phi) is 7.67. The number of hydrogen-bond donors (Lipinski definition) is 1. The number of carbonyl (C=O) groups is 2. The van der Waals surface area contributed by atoms with Crippen LogP contribution in [0.25, 0.3) is 0 Å². The van der Waals surface area contributed by atoms with Crippen LogP contribution in [-0.4, -0.2) is 25.9 Å². The number of aldehydes is 1. The minimum absolute atomic E-state index is 0.186. The fourth-order valence-electron chi connectivity index (χ4n) is 0.616. The third-order valence-corrected chi connectivity index (χ3v) is 2.26. The van der Waals surface area contributed by atoms with Gasteiger partial charge >= 0.3 is 0 Å². The first-order valence-corrected chi connectivity index (χ1v) is 5.24.